The summed E-state index contributed by atoms with van der Waals surface area (Å²) in [4.78, 5) is 41.1. The highest BCUT2D eigenvalue weighted by molar-refractivity contribution is 7.92. The Kier molecular flexibility index (Phi) is 5.01. The van der Waals surface area contributed by atoms with Gasteiger partial charge in [-0.1, -0.05) is 6.07 Å². The lowest BCUT2D eigenvalue weighted by molar-refractivity contribution is 0.102. The second-order valence-corrected chi connectivity index (χ2v) is 8.38. The topological polar surface area (TPSA) is 132 Å². The van der Waals surface area contributed by atoms with Gasteiger partial charge < -0.3 is 5.32 Å². The molecule has 1 amide bonds. The van der Waals surface area contributed by atoms with Gasteiger partial charge in [0.05, 0.1) is 17.3 Å². The van der Waals surface area contributed by atoms with Crippen molar-refractivity contribution in [3.63, 3.8) is 0 Å². The average molecular weight is 417 g/mol. The summed E-state index contributed by atoms with van der Waals surface area (Å²) < 4.78 is 27.5. The summed E-state index contributed by atoms with van der Waals surface area (Å²) in [5.41, 5.74) is 0.408. The Morgan fingerprint density at radius 1 is 1.07 bits per heavy atom. The van der Waals surface area contributed by atoms with Crippen molar-refractivity contribution in [2.75, 3.05) is 16.3 Å². The van der Waals surface area contributed by atoms with Crippen molar-refractivity contribution >= 4 is 38.3 Å². The van der Waals surface area contributed by atoms with E-state index in [-0.39, 0.29) is 16.7 Å². The maximum absolute atomic E-state index is 12.6. The second-order valence-electron chi connectivity index (χ2n) is 6.63. The molecular formula is C18H19N5O5S. The molecule has 3 aromatic rings. The molecule has 11 heteroatoms. The molecule has 0 aliphatic rings. The van der Waals surface area contributed by atoms with Crippen LogP contribution in [0.4, 0.5) is 11.4 Å². The van der Waals surface area contributed by atoms with Crippen molar-refractivity contribution in [2.24, 2.45) is 14.1 Å². The van der Waals surface area contributed by atoms with Gasteiger partial charge >= 0.3 is 5.69 Å². The largest absolute Gasteiger partial charge is 0.332 e. The lowest BCUT2D eigenvalue weighted by atomic mass is 10.2. The minimum absolute atomic E-state index is 0.000972. The molecular weight excluding hydrogens is 398 g/mol. The van der Waals surface area contributed by atoms with Gasteiger partial charge in [0.25, 0.3) is 11.5 Å². The lowest BCUT2D eigenvalue weighted by Crippen LogP contribution is -2.37. The number of nitrogens with zero attached hydrogens (tertiary/aromatic N) is 3. The molecule has 2 N–H and O–H groups in total. The van der Waals surface area contributed by atoms with Crippen LogP contribution in [0.3, 0.4) is 0 Å². The molecule has 2 heterocycles. The number of hydrogen-bond donors (Lipinski definition) is 2. The monoisotopic (exact) mass is 417 g/mol. The molecule has 10 nitrogen and oxygen atoms in total. The number of amides is 1. The molecule has 29 heavy (non-hydrogen) atoms. The van der Waals surface area contributed by atoms with E-state index in [0.717, 1.165) is 10.8 Å². The van der Waals surface area contributed by atoms with Crippen LogP contribution in [0.1, 0.15) is 16.1 Å². The third kappa shape index (κ3) is 4.04. The molecule has 152 valence electrons. The predicted octanol–water partition coefficient (Wildman–Crippen LogP) is 0.564. The Morgan fingerprint density at radius 3 is 2.41 bits per heavy atom. The summed E-state index contributed by atoms with van der Waals surface area (Å²) in [6.07, 6.45) is 1.03. The fourth-order valence-electron chi connectivity index (χ4n) is 2.79. The van der Waals surface area contributed by atoms with Crippen LogP contribution in [0.5, 0.6) is 0 Å². The van der Waals surface area contributed by atoms with Crippen LogP contribution >= 0.6 is 0 Å². The van der Waals surface area contributed by atoms with Crippen LogP contribution in [-0.2, 0) is 24.1 Å². The molecule has 1 aromatic carbocycles. The molecule has 0 bridgehead atoms. The number of aromatic nitrogens is 3. The van der Waals surface area contributed by atoms with Gasteiger partial charge in [-0.25, -0.2) is 18.2 Å². The SMILES string of the molecule is Cc1ccc(NC(=O)c2ccc3c(=O)n(C)c(=O)n(C)c3n2)cc1NS(C)(=O)=O. The fourth-order valence-corrected chi connectivity index (χ4v) is 3.40. The molecule has 0 unspecified atom stereocenters. The minimum Gasteiger partial charge on any atom is -0.321 e. The number of anilines is 2. The lowest BCUT2D eigenvalue weighted by Gasteiger charge is -2.12. The minimum atomic E-state index is -3.48. The number of fused-ring (bicyclic) bond motifs is 1. The average Bonchev–Trinajstić information content (AvgIpc) is 2.65. The molecule has 0 aliphatic heterocycles. The van der Waals surface area contributed by atoms with Gasteiger partial charge in [0.1, 0.15) is 11.3 Å². The number of aryl methyl sites for hydroxylation is 2. The van der Waals surface area contributed by atoms with Crippen molar-refractivity contribution in [1.29, 1.82) is 0 Å². The highest BCUT2D eigenvalue weighted by Gasteiger charge is 2.15. The van der Waals surface area contributed by atoms with E-state index in [2.05, 4.69) is 15.0 Å². The normalized spacial score (nSPS) is 11.4. The first kappa shape index (κ1) is 20.3. The number of carbonyl (C=O) groups excluding carboxylic acids is 1. The Bertz CT molecular complexity index is 1370. The number of benzene rings is 1. The highest BCUT2D eigenvalue weighted by atomic mass is 32.2. The van der Waals surface area contributed by atoms with E-state index in [1.54, 1.807) is 19.1 Å². The van der Waals surface area contributed by atoms with Gasteiger partial charge in [0.15, 0.2) is 0 Å². The van der Waals surface area contributed by atoms with Crippen LogP contribution in [0.15, 0.2) is 39.9 Å². The summed E-state index contributed by atoms with van der Waals surface area (Å²) in [7, 11) is -0.651. The van der Waals surface area contributed by atoms with Crippen molar-refractivity contribution < 1.29 is 13.2 Å². The van der Waals surface area contributed by atoms with Crippen LogP contribution in [-0.4, -0.2) is 34.7 Å². The van der Waals surface area contributed by atoms with Crippen LogP contribution in [0.2, 0.25) is 0 Å². The van der Waals surface area contributed by atoms with Crippen LogP contribution in [0.25, 0.3) is 11.0 Å². The highest BCUT2D eigenvalue weighted by Crippen LogP contribution is 2.21. The van der Waals surface area contributed by atoms with E-state index in [4.69, 9.17) is 0 Å². The van der Waals surface area contributed by atoms with Crippen LogP contribution < -0.4 is 21.3 Å². The first-order valence-electron chi connectivity index (χ1n) is 8.44. The summed E-state index contributed by atoms with van der Waals surface area (Å²) in [6, 6.07) is 7.58. The number of hydrogen-bond acceptors (Lipinski definition) is 6. The van der Waals surface area contributed by atoms with Crippen molar-refractivity contribution in [3.8, 4) is 0 Å². The smallest absolute Gasteiger partial charge is 0.321 e. The van der Waals surface area contributed by atoms with E-state index in [9.17, 15) is 22.8 Å². The molecule has 0 aliphatic carbocycles. The van der Waals surface area contributed by atoms with Crippen molar-refractivity contribution in [3.05, 3.63) is 62.4 Å². The van der Waals surface area contributed by atoms with Gasteiger partial charge in [0.2, 0.25) is 10.0 Å². The molecule has 0 saturated heterocycles. The third-order valence-electron chi connectivity index (χ3n) is 4.33. The zero-order chi connectivity index (χ0) is 21.5. The van der Waals surface area contributed by atoms with E-state index < -0.39 is 27.2 Å². The zero-order valence-electron chi connectivity index (χ0n) is 16.2. The number of rotatable bonds is 4. The molecule has 0 radical (unpaired) electrons. The number of sulfonamides is 1. The number of carbonyl (C=O) groups is 1. The summed E-state index contributed by atoms with van der Waals surface area (Å²) >= 11 is 0. The Morgan fingerprint density at radius 2 is 1.76 bits per heavy atom. The number of nitrogens with one attached hydrogen (secondary N) is 2. The van der Waals surface area contributed by atoms with E-state index in [1.807, 2.05) is 0 Å². The van der Waals surface area contributed by atoms with Gasteiger partial charge in [-0.2, -0.15) is 0 Å². The molecule has 2 aromatic heterocycles. The van der Waals surface area contributed by atoms with Gasteiger partial charge in [-0.15, -0.1) is 0 Å². The Hall–Kier alpha value is -3.47. The third-order valence-corrected chi connectivity index (χ3v) is 4.92. The van der Waals surface area contributed by atoms with Gasteiger partial charge in [-0.05, 0) is 36.8 Å². The Labute approximate surface area is 165 Å². The number of pyridine rings is 1. The first-order valence-corrected chi connectivity index (χ1v) is 10.3. The fraction of sp³-hybridized carbons (Fsp3) is 0.222. The molecule has 0 saturated carbocycles. The van der Waals surface area contributed by atoms with Gasteiger partial charge in [0, 0.05) is 19.8 Å². The zero-order valence-corrected chi connectivity index (χ0v) is 17.0. The molecule has 0 spiro atoms. The summed E-state index contributed by atoms with van der Waals surface area (Å²) in [6.45, 7) is 1.73. The Balaban J connectivity index is 1.98. The van der Waals surface area contributed by atoms with Crippen LogP contribution in [0, 0.1) is 6.92 Å². The van der Waals surface area contributed by atoms with Gasteiger partial charge in [-0.3, -0.25) is 23.4 Å². The first-order chi connectivity index (χ1) is 13.5. The standard InChI is InChI=1S/C18H19N5O5S/c1-10-5-6-11(9-14(10)21-29(4,27)28)19-16(24)13-8-7-12-15(20-13)22(2)18(26)23(3)17(12)25/h5-9,21H,1-4H3,(H,19,24). The molecule has 0 fully saturated rings. The maximum atomic E-state index is 12.6. The van der Waals surface area contributed by atoms with E-state index >= 15 is 0 Å². The molecule has 0 atom stereocenters. The maximum Gasteiger partial charge on any atom is 0.332 e. The summed E-state index contributed by atoms with van der Waals surface area (Å²) in [5, 5.41) is 2.84. The van der Waals surface area contributed by atoms with E-state index in [1.165, 1.54) is 36.9 Å². The second kappa shape index (κ2) is 7.17. The van der Waals surface area contributed by atoms with Crippen molar-refractivity contribution in [2.45, 2.75) is 6.92 Å². The predicted molar refractivity (Wildman–Crippen MR) is 110 cm³/mol. The summed E-state index contributed by atoms with van der Waals surface area (Å²) in [5.74, 6) is -0.575. The van der Waals surface area contributed by atoms with Crippen molar-refractivity contribution in [1.82, 2.24) is 14.1 Å². The molecule has 3 rings (SSSR count). The van der Waals surface area contributed by atoms with E-state index in [0.29, 0.717) is 16.9 Å². The quantitative estimate of drug-likeness (QED) is 0.638.